The van der Waals surface area contributed by atoms with E-state index in [1.54, 1.807) is 0 Å². The molecule has 1 saturated heterocycles. The number of aliphatic hydroxyl groups excluding tert-OH is 1. The largest absolute Gasteiger partial charge is 0.387 e. The van der Waals surface area contributed by atoms with Crippen molar-refractivity contribution in [1.29, 1.82) is 0 Å². The Bertz CT molecular complexity index is 737. The molecule has 0 bridgehead atoms. The van der Waals surface area contributed by atoms with Crippen molar-refractivity contribution in [1.82, 2.24) is 4.90 Å². The number of aliphatic hydroxyl groups is 1. The van der Waals surface area contributed by atoms with Gasteiger partial charge in [0.05, 0.1) is 6.10 Å². The average Bonchev–Trinajstić information content (AvgIpc) is 2.69. The maximum absolute atomic E-state index is 11.9. The molecule has 4 nitrogen and oxygen atoms in total. The van der Waals surface area contributed by atoms with Gasteiger partial charge in [-0.05, 0) is 55.1 Å². The molecule has 1 amide bonds. The van der Waals surface area contributed by atoms with Gasteiger partial charge in [0.15, 0.2) is 0 Å². The van der Waals surface area contributed by atoms with Crippen LogP contribution in [0.3, 0.4) is 0 Å². The van der Waals surface area contributed by atoms with Crippen molar-refractivity contribution in [3.8, 4) is 0 Å². The summed E-state index contributed by atoms with van der Waals surface area (Å²) in [6.07, 6.45) is 1.71. The number of anilines is 1. The zero-order chi connectivity index (χ0) is 19.2. The molecule has 0 saturated carbocycles. The van der Waals surface area contributed by atoms with Gasteiger partial charge in [0.1, 0.15) is 0 Å². The summed E-state index contributed by atoms with van der Waals surface area (Å²) in [7, 11) is 0. The van der Waals surface area contributed by atoms with Gasteiger partial charge < -0.3 is 15.3 Å². The summed E-state index contributed by atoms with van der Waals surface area (Å²) in [6.45, 7) is 6.45. The lowest BCUT2D eigenvalue weighted by atomic mass is 9.89. The topological polar surface area (TPSA) is 52.6 Å². The zero-order valence-electron chi connectivity index (χ0n) is 16.3. The summed E-state index contributed by atoms with van der Waals surface area (Å²) in [6, 6.07) is 18.1. The Kier molecular flexibility index (Phi) is 6.64. The van der Waals surface area contributed by atoms with E-state index >= 15 is 0 Å². The first-order valence-corrected chi connectivity index (χ1v) is 9.89. The van der Waals surface area contributed by atoms with Gasteiger partial charge in [-0.25, -0.2) is 0 Å². The van der Waals surface area contributed by atoms with Gasteiger partial charge >= 0.3 is 0 Å². The van der Waals surface area contributed by atoms with E-state index in [0.29, 0.717) is 12.5 Å². The van der Waals surface area contributed by atoms with Gasteiger partial charge in [0.2, 0.25) is 5.91 Å². The third-order valence-electron chi connectivity index (χ3n) is 5.35. The molecule has 2 aromatic rings. The molecule has 0 radical (unpaired) electrons. The Morgan fingerprint density at radius 1 is 1.11 bits per heavy atom. The Balaban J connectivity index is 1.54. The molecule has 2 N–H and O–H groups in total. The third-order valence-corrected chi connectivity index (χ3v) is 5.35. The number of nitrogens with one attached hydrogen (secondary N) is 1. The first-order valence-electron chi connectivity index (χ1n) is 9.89. The maximum atomic E-state index is 11.9. The van der Waals surface area contributed by atoms with Crippen molar-refractivity contribution in [3.63, 3.8) is 0 Å². The van der Waals surface area contributed by atoms with Crippen LogP contribution < -0.4 is 5.32 Å². The van der Waals surface area contributed by atoms with Crippen LogP contribution in [0.2, 0.25) is 0 Å². The summed E-state index contributed by atoms with van der Waals surface area (Å²) in [4.78, 5) is 14.3. The summed E-state index contributed by atoms with van der Waals surface area (Å²) in [5, 5.41) is 13.4. The number of benzene rings is 2. The predicted molar refractivity (Wildman–Crippen MR) is 110 cm³/mol. The van der Waals surface area contributed by atoms with Crippen LogP contribution in [0, 0.1) is 5.92 Å². The Labute approximate surface area is 162 Å². The molecule has 3 rings (SSSR count). The van der Waals surface area contributed by atoms with E-state index in [9.17, 15) is 9.90 Å². The smallest absolute Gasteiger partial charge is 0.226 e. The highest BCUT2D eigenvalue weighted by atomic mass is 16.3. The lowest BCUT2D eigenvalue weighted by molar-refractivity contribution is -0.118. The molecule has 1 fully saturated rings. The molecule has 1 heterocycles. The molecule has 27 heavy (non-hydrogen) atoms. The molecular formula is C23H30N2O2. The molecule has 0 aliphatic carbocycles. The molecular weight excluding hydrogens is 336 g/mol. The second kappa shape index (κ2) is 9.16. The van der Waals surface area contributed by atoms with Gasteiger partial charge in [-0.15, -0.1) is 0 Å². The quantitative estimate of drug-likeness (QED) is 0.806. The maximum Gasteiger partial charge on any atom is 0.226 e. The number of carbonyl (C=O) groups is 1. The van der Waals surface area contributed by atoms with E-state index in [-0.39, 0.29) is 11.8 Å². The van der Waals surface area contributed by atoms with Gasteiger partial charge in [-0.1, -0.05) is 56.3 Å². The number of piperidine rings is 1. The van der Waals surface area contributed by atoms with Gasteiger partial charge in [-0.2, -0.15) is 0 Å². The summed E-state index contributed by atoms with van der Waals surface area (Å²) >= 11 is 0. The van der Waals surface area contributed by atoms with Crippen molar-refractivity contribution >= 4 is 11.6 Å². The number of rotatable bonds is 6. The third kappa shape index (κ3) is 5.41. The molecule has 4 heteroatoms. The first kappa shape index (κ1) is 19.6. The lowest BCUT2D eigenvalue weighted by Gasteiger charge is -2.33. The predicted octanol–water partition coefficient (Wildman–Crippen LogP) is 4.19. The van der Waals surface area contributed by atoms with Gasteiger partial charge in [0, 0.05) is 18.2 Å². The zero-order valence-corrected chi connectivity index (χ0v) is 16.3. The van der Waals surface area contributed by atoms with E-state index in [1.807, 2.05) is 56.3 Å². The molecule has 144 valence electrons. The van der Waals surface area contributed by atoms with E-state index in [0.717, 1.165) is 37.2 Å². The number of amides is 1. The summed E-state index contributed by atoms with van der Waals surface area (Å²) in [5.41, 5.74) is 3.15. The van der Waals surface area contributed by atoms with Crippen LogP contribution in [0.15, 0.2) is 54.6 Å². The minimum absolute atomic E-state index is 0.0204. The second-order valence-corrected chi connectivity index (χ2v) is 7.77. The van der Waals surface area contributed by atoms with Crippen molar-refractivity contribution in [2.24, 2.45) is 5.92 Å². The number of hydrogen-bond donors (Lipinski definition) is 2. The van der Waals surface area contributed by atoms with Crippen LogP contribution in [0.25, 0.3) is 0 Å². The van der Waals surface area contributed by atoms with Crippen molar-refractivity contribution < 1.29 is 9.90 Å². The fraction of sp³-hybridized carbons (Fsp3) is 0.435. The van der Waals surface area contributed by atoms with Crippen LogP contribution in [0.1, 0.15) is 49.8 Å². The summed E-state index contributed by atoms with van der Waals surface area (Å²) in [5.74, 6) is 0.538. The SMILES string of the molecule is CC(C)C(=O)Nc1cccc(C2CCN(C[C@@H](O)c3ccccc3)CC2)c1. The highest BCUT2D eigenvalue weighted by Gasteiger charge is 2.23. The highest BCUT2D eigenvalue weighted by Crippen LogP contribution is 2.30. The van der Waals surface area contributed by atoms with Crippen molar-refractivity contribution in [2.45, 2.75) is 38.7 Å². The lowest BCUT2D eigenvalue weighted by Crippen LogP contribution is -2.36. The molecule has 0 spiro atoms. The fourth-order valence-electron chi connectivity index (χ4n) is 3.63. The number of nitrogens with zero attached hydrogens (tertiary/aromatic N) is 1. The molecule has 0 unspecified atom stereocenters. The normalized spacial score (nSPS) is 17.0. The standard InChI is InChI=1S/C23H30N2O2/c1-17(2)23(27)24-21-10-6-9-20(15-21)18-11-13-25(14-12-18)16-22(26)19-7-4-3-5-8-19/h3-10,15,17-18,22,26H,11-14,16H2,1-2H3,(H,24,27)/t22-/m1/s1. The number of carbonyl (C=O) groups excluding carboxylic acids is 1. The molecule has 0 aromatic heterocycles. The minimum atomic E-state index is -0.433. The van der Waals surface area contributed by atoms with Gasteiger partial charge in [-0.3, -0.25) is 4.79 Å². The second-order valence-electron chi connectivity index (χ2n) is 7.77. The van der Waals surface area contributed by atoms with E-state index < -0.39 is 6.10 Å². The van der Waals surface area contributed by atoms with Crippen LogP contribution in [0.5, 0.6) is 0 Å². The van der Waals surface area contributed by atoms with Crippen LogP contribution >= 0.6 is 0 Å². The van der Waals surface area contributed by atoms with Crippen LogP contribution in [0.4, 0.5) is 5.69 Å². The molecule has 1 aliphatic heterocycles. The average molecular weight is 367 g/mol. The highest BCUT2D eigenvalue weighted by molar-refractivity contribution is 5.92. The number of likely N-dealkylation sites (tertiary alicyclic amines) is 1. The Morgan fingerprint density at radius 2 is 1.81 bits per heavy atom. The van der Waals surface area contributed by atoms with Crippen molar-refractivity contribution in [2.75, 3.05) is 25.0 Å². The van der Waals surface area contributed by atoms with E-state index in [2.05, 4.69) is 22.3 Å². The molecule has 2 aromatic carbocycles. The summed E-state index contributed by atoms with van der Waals surface area (Å²) < 4.78 is 0. The van der Waals surface area contributed by atoms with E-state index in [1.165, 1.54) is 5.56 Å². The van der Waals surface area contributed by atoms with Gasteiger partial charge in [0.25, 0.3) is 0 Å². The Hall–Kier alpha value is -2.17. The number of hydrogen-bond acceptors (Lipinski definition) is 3. The number of β-amino-alcohol motifs (C(OH)–C–C–N with tert-alkyl or cyclic N) is 1. The van der Waals surface area contributed by atoms with E-state index in [4.69, 9.17) is 0 Å². The van der Waals surface area contributed by atoms with Crippen LogP contribution in [-0.4, -0.2) is 35.5 Å². The minimum Gasteiger partial charge on any atom is -0.387 e. The monoisotopic (exact) mass is 366 g/mol. The van der Waals surface area contributed by atoms with Crippen LogP contribution in [-0.2, 0) is 4.79 Å². The molecule has 1 atom stereocenters. The fourth-order valence-corrected chi connectivity index (χ4v) is 3.63. The molecule has 1 aliphatic rings. The Morgan fingerprint density at radius 3 is 2.48 bits per heavy atom. The first-order chi connectivity index (χ1) is 13.0. The van der Waals surface area contributed by atoms with Crippen molar-refractivity contribution in [3.05, 3.63) is 65.7 Å².